The Morgan fingerprint density at radius 3 is 2.00 bits per heavy atom. The maximum absolute atomic E-state index is 10.0. The zero-order chi connectivity index (χ0) is 5.15. The van der Waals surface area contributed by atoms with Gasteiger partial charge >= 0.3 is 0 Å². The van der Waals surface area contributed by atoms with Gasteiger partial charge in [0, 0.05) is 0 Å². The van der Waals surface area contributed by atoms with Crippen LogP contribution >= 0.6 is 0 Å². The largest absolute Gasteiger partial charge is 0.322 e. The highest BCUT2D eigenvalue weighted by Gasteiger charge is 1.95. The second kappa shape index (κ2) is 1.92. The first-order valence-electron chi connectivity index (χ1n) is 1.90. The first-order valence-corrected chi connectivity index (χ1v) is 1.90. The van der Waals surface area contributed by atoms with Gasteiger partial charge in [-0.05, 0) is 13.8 Å². The summed E-state index contributed by atoms with van der Waals surface area (Å²) in [4.78, 5) is 10.0. The minimum atomic E-state index is -0.287. The number of rotatable bonds is 1. The lowest BCUT2D eigenvalue weighted by Gasteiger charge is -1.91. The van der Waals surface area contributed by atoms with Crippen molar-refractivity contribution in [3.05, 3.63) is 0 Å². The third kappa shape index (κ3) is 1.91. The quantitative estimate of drug-likeness (QED) is 0.456. The van der Waals surface area contributed by atoms with Gasteiger partial charge in [0.1, 0.15) is 5.78 Å². The molecule has 0 aromatic carbocycles. The molecule has 2 heteroatoms. The summed E-state index contributed by atoms with van der Waals surface area (Å²) in [5, 5.41) is 0. The van der Waals surface area contributed by atoms with Crippen LogP contribution in [0.25, 0.3) is 0 Å². The molecule has 0 fully saturated rings. The SMILES string of the molecule is C[C@H](N)[13C](C)=O. The van der Waals surface area contributed by atoms with Gasteiger partial charge in [0.15, 0.2) is 0 Å². The topological polar surface area (TPSA) is 43.1 Å². The molecule has 0 heterocycles. The Balaban J connectivity index is 3.26. The van der Waals surface area contributed by atoms with E-state index in [0.717, 1.165) is 0 Å². The highest BCUT2D eigenvalue weighted by molar-refractivity contribution is 5.80. The normalized spacial score (nSPS) is 13.8. The molecule has 36 valence electrons. The third-order valence-electron chi connectivity index (χ3n) is 0.641. The van der Waals surface area contributed by atoms with E-state index in [1.807, 2.05) is 0 Å². The Labute approximate surface area is 37.3 Å². The number of hydrogen-bond donors (Lipinski definition) is 1. The van der Waals surface area contributed by atoms with E-state index in [9.17, 15) is 4.79 Å². The molecule has 0 aliphatic heterocycles. The fourth-order valence-corrected chi connectivity index (χ4v) is 0. The van der Waals surface area contributed by atoms with E-state index >= 15 is 0 Å². The fourth-order valence-electron chi connectivity index (χ4n) is 0. The van der Waals surface area contributed by atoms with Crippen molar-refractivity contribution < 1.29 is 4.79 Å². The lowest BCUT2D eigenvalue weighted by atomic mass is 10.5. The molecule has 0 rings (SSSR count). The Bertz CT molecular complexity index is 58.6. The van der Waals surface area contributed by atoms with Crippen molar-refractivity contribution in [3.8, 4) is 0 Å². The molecule has 0 amide bonds. The van der Waals surface area contributed by atoms with Crippen LogP contribution in [0.15, 0.2) is 0 Å². The average Bonchev–Trinajstić information content (AvgIpc) is 1.36. The summed E-state index contributed by atoms with van der Waals surface area (Å²) in [6.07, 6.45) is 0. The van der Waals surface area contributed by atoms with Crippen molar-refractivity contribution in [3.63, 3.8) is 0 Å². The molecule has 0 aromatic heterocycles. The lowest BCUT2D eigenvalue weighted by molar-refractivity contribution is -0.117. The van der Waals surface area contributed by atoms with Gasteiger partial charge < -0.3 is 5.73 Å². The Morgan fingerprint density at radius 2 is 2.00 bits per heavy atom. The smallest absolute Gasteiger partial charge is 0.146 e. The summed E-state index contributed by atoms with van der Waals surface area (Å²) >= 11 is 0. The van der Waals surface area contributed by atoms with Crippen LogP contribution in [0.1, 0.15) is 13.8 Å². The first kappa shape index (κ1) is 5.63. The molecule has 1 atom stereocenters. The van der Waals surface area contributed by atoms with Crippen LogP contribution in [0.4, 0.5) is 0 Å². The van der Waals surface area contributed by atoms with Gasteiger partial charge in [-0.25, -0.2) is 0 Å². The summed E-state index contributed by atoms with van der Waals surface area (Å²) in [5.74, 6) is 0.0370. The third-order valence-corrected chi connectivity index (χ3v) is 0.641. The first-order chi connectivity index (χ1) is 2.64. The molecule has 0 aromatic rings. The molecule has 0 aliphatic rings. The summed E-state index contributed by atoms with van der Waals surface area (Å²) in [6, 6.07) is -0.287. The summed E-state index contributed by atoms with van der Waals surface area (Å²) in [7, 11) is 0. The molecule has 0 bridgehead atoms. The minimum Gasteiger partial charge on any atom is -0.322 e. The molecule has 6 heavy (non-hydrogen) atoms. The second-order valence-corrected chi connectivity index (χ2v) is 1.40. The van der Waals surface area contributed by atoms with Crippen LogP contribution in [0.3, 0.4) is 0 Å². The Hall–Kier alpha value is -0.370. The Kier molecular flexibility index (Phi) is 1.81. The molecule has 0 aliphatic carbocycles. The highest BCUT2D eigenvalue weighted by Crippen LogP contribution is 1.72. The van der Waals surface area contributed by atoms with Crippen molar-refractivity contribution in [2.75, 3.05) is 0 Å². The van der Waals surface area contributed by atoms with Crippen LogP contribution in [0, 0.1) is 0 Å². The van der Waals surface area contributed by atoms with E-state index in [4.69, 9.17) is 5.73 Å². The van der Waals surface area contributed by atoms with Gasteiger partial charge in [0.2, 0.25) is 0 Å². The molecular weight excluding hydrogens is 79.0 g/mol. The van der Waals surface area contributed by atoms with E-state index in [1.54, 1.807) is 6.92 Å². The van der Waals surface area contributed by atoms with Crippen molar-refractivity contribution in [1.29, 1.82) is 0 Å². The monoisotopic (exact) mass is 88.1 g/mol. The zero-order valence-electron chi connectivity index (χ0n) is 4.06. The molecule has 0 spiro atoms. The number of nitrogens with two attached hydrogens (primary N) is 1. The van der Waals surface area contributed by atoms with Crippen LogP contribution in [0.2, 0.25) is 0 Å². The molecule has 2 nitrogen and oxygen atoms in total. The van der Waals surface area contributed by atoms with Gasteiger partial charge in [-0.15, -0.1) is 0 Å². The number of ketones is 1. The van der Waals surface area contributed by atoms with E-state index in [2.05, 4.69) is 0 Å². The predicted octanol–water partition coefficient (Wildman–Crippen LogP) is -0.0774. The second-order valence-electron chi connectivity index (χ2n) is 1.40. The van der Waals surface area contributed by atoms with Gasteiger partial charge in [0.25, 0.3) is 0 Å². The van der Waals surface area contributed by atoms with Gasteiger partial charge in [-0.3, -0.25) is 4.79 Å². The summed E-state index contributed by atoms with van der Waals surface area (Å²) in [5.41, 5.74) is 5.09. The highest BCUT2D eigenvalue weighted by atomic mass is 16.2. The maximum atomic E-state index is 10.0. The van der Waals surface area contributed by atoms with E-state index < -0.39 is 0 Å². The number of carbonyl (C=O) groups excluding carboxylic acids is 1. The van der Waals surface area contributed by atoms with Crippen molar-refractivity contribution in [2.45, 2.75) is 19.9 Å². The summed E-state index contributed by atoms with van der Waals surface area (Å²) in [6.45, 7) is 3.15. The van der Waals surface area contributed by atoms with Gasteiger partial charge in [-0.1, -0.05) is 0 Å². The number of hydrogen-bond acceptors (Lipinski definition) is 2. The summed E-state index contributed by atoms with van der Waals surface area (Å²) < 4.78 is 0. The van der Waals surface area contributed by atoms with Crippen LogP contribution < -0.4 is 5.73 Å². The molecule has 0 radical (unpaired) electrons. The molecule has 0 unspecified atom stereocenters. The Morgan fingerprint density at radius 1 is 1.83 bits per heavy atom. The van der Waals surface area contributed by atoms with E-state index in [0.29, 0.717) is 0 Å². The van der Waals surface area contributed by atoms with Gasteiger partial charge in [-0.2, -0.15) is 0 Å². The van der Waals surface area contributed by atoms with E-state index in [-0.39, 0.29) is 11.8 Å². The predicted molar refractivity (Wildman–Crippen MR) is 24.3 cm³/mol. The van der Waals surface area contributed by atoms with Crippen molar-refractivity contribution in [2.24, 2.45) is 5.73 Å². The lowest BCUT2D eigenvalue weighted by Crippen LogP contribution is -2.23. The van der Waals surface area contributed by atoms with Crippen LogP contribution in [-0.4, -0.2) is 11.8 Å². The number of Topliss-reactive ketones (excluding diaryl/α,β-unsaturated/α-hetero) is 1. The molecule has 2 N–H and O–H groups in total. The fraction of sp³-hybridized carbons (Fsp3) is 0.750. The minimum absolute atomic E-state index is 0.0370. The standard InChI is InChI=1S/C4H9NO/c1-3(5)4(2)6/h3H,5H2,1-2H3/t3-/m0/s1/i4+1. The van der Waals surface area contributed by atoms with Crippen molar-refractivity contribution in [1.82, 2.24) is 0 Å². The van der Waals surface area contributed by atoms with Crippen LogP contribution in [0.5, 0.6) is 0 Å². The van der Waals surface area contributed by atoms with Crippen molar-refractivity contribution >= 4 is 5.78 Å². The maximum Gasteiger partial charge on any atom is 0.146 e. The molecule has 0 saturated heterocycles. The zero-order valence-corrected chi connectivity index (χ0v) is 4.06. The molecule has 0 saturated carbocycles. The van der Waals surface area contributed by atoms with E-state index in [1.165, 1.54) is 6.92 Å². The molecular formula is C4H9NO. The number of carbonyl (C=O) groups is 1. The van der Waals surface area contributed by atoms with Crippen LogP contribution in [-0.2, 0) is 4.79 Å². The van der Waals surface area contributed by atoms with Gasteiger partial charge in [0.05, 0.1) is 6.04 Å². The average molecular weight is 88.1 g/mol.